The zero-order chi connectivity index (χ0) is 22.4. The lowest BCUT2D eigenvalue weighted by atomic mass is 10.0. The smallest absolute Gasteiger partial charge is 0.341 e. The summed E-state index contributed by atoms with van der Waals surface area (Å²) in [5.41, 5.74) is 2.98. The van der Waals surface area contributed by atoms with Gasteiger partial charge in [-0.2, -0.15) is 0 Å². The standard InChI is InChI=1S/C24H24BrNO4S/c1-4-29-24(28)22-19(16-9-11-17(25)12-10-16)14-31-23(22)26-21(27)13-30-20-8-6-5-7-18(20)15(2)3/h5-12,14-15H,4,13H2,1-3H3,(H,26,27). The van der Waals surface area contributed by atoms with Gasteiger partial charge in [0, 0.05) is 15.4 Å². The van der Waals surface area contributed by atoms with Crippen LogP contribution in [0, 0.1) is 0 Å². The number of para-hydroxylation sites is 1. The van der Waals surface area contributed by atoms with E-state index in [1.165, 1.54) is 11.3 Å². The Hall–Kier alpha value is -2.64. The van der Waals surface area contributed by atoms with Crippen LogP contribution in [0.2, 0.25) is 0 Å². The lowest BCUT2D eigenvalue weighted by Gasteiger charge is -2.14. The minimum absolute atomic E-state index is 0.155. The average Bonchev–Trinajstić information content (AvgIpc) is 3.16. The Morgan fingerprint density at radius 2 is 1.81 bits per heavy atom. The number of carbonyl (C=O) groups is 2. The molecule has 0 fully saturated rings. The highest BCUT2D eigenvalue weighted by Gasteiger charge is 2.23. The summed E-state index contributed by atoms with van der Waals surface area (Å²) in [6, 6.07) is 15.3. The number of carbonyl (C=O) groups excluding carboxylic acids is 2. The SMILES string of the molecule is CCOC(=O)c1c(-c2ccc(Br)cc2)csc1NC(=O)COc1ccccc1C(C)C. The molecule has 0 unspecified atom stereocenters. The van der Waals surface area contributed by atoms with Crippen molar-refractivity contribution < 1.29 is 19.1 Å². The Labute approximate surface area is 194 Å². The first-order valence-corrected chi connectivity index (χ1v) is 11.6. The first kappa shape index (κ1) is 23.0. The van der Waals surface area contributed by atoms with Gasteiger partial charge in [-0.15, -0.1) is 11.3 Å². The molecule has 1 N–H and O–H groups in total. The fourth-order valence-corrected chi connectivity index (χ4v) is 4.33. The average molecular weight is 502 g/mol. The van der Waals surface area contributed by atoms with Crippen molar-refractivity contribution >= 4 is 44.1 Å². The minimum atomic E-state index is -0.469. The third-order valence-electron chi connectivity index (χ3n) is 4.58. The van der Waals surface area contributed by atoms with E-state index in [9.17, 15) is 9.59 Å². The number of nitrogens with one attached hydrogen (secondary N) is 1. The van der Waals surface area contributed by atoms with Gasteiger partial charge in [-0.1, -0.05) is 60.1 Å². The summed E-state index contributed by atoms with van der Waals surface area (Å²) in [5.74, 6) is 0.150. The van der Waals surface area contributed by atoms with Gasteiger partial charge in [0.2, 0.25) is 0 Å². The van der Waals surface area contributed by atoms with Crippen LogP contribution in [0.4, 0.5) is 5.00 Å². The summed E-state index contributed by atoms with van der Waals surface area (Å²) >= 11 is 4.71. The Morgan fingerprint density at radius 3 is 2.48 bits per heavy atom. The van der Waals surface area contributed by atoms with Gasteiger partial charge >= 0.3 is 5.97 Å². The lowest BCUT2D eigenvalue weighted by molar-refractivity contribution is -0.118. The molecule has 0 aliphatic heterocycles. The van der Waals surface area contributed by atoms with Crippen molar-refractivity contribution in [2.24, 2.45) is 0 Å². The van der Waals surface area contributed by atoms with Gasteiger partial charge in [0.15, 0.2) is 6.61 Å². The summed E-state index contributed by atoms with van der Waals surface area (Å²) < 4.78 is 11.9. The highest BCUT2D eigenvalue weighted by atomic mass is 79.9. The number of anilines is 1. The van der Waals surface area contributed by atoms with Crippen LogP contribution in [0.15, 0.2) is 58.4 Å². The molecule has 0 aliphatic rings. The van der Waals surface area contributed by atoms with Crippen LogP contribution in [0.5, 0.6) is 5.75 Å². The molecule has 3 aromatic rings. The van der Waals surface area contributed by atoms with E-state index in [1.807, 2.05) is 53.9 Å². The van der Waals surface area contributed by atoms with Crippen molar-refractivity contribution in [2.75, 3.05) is 18.5 Å². The number of esters is 1. The second-order valence-corrected chi connectivity index (χ2v) is 8.91. The fraction of sp³-hybridized carbons (Fsp3) is 0.250. The van der Waals surface area contributed by atoms with Gasteiger partial charge in [-0.25, -0.2) is 4.79 Å². The first-order chi connectivity index (χ1) is 14.9. The van der Waals surface area contributed by atoms with Crippen molar-refractivity contribution in [1.82, 2.24) is 0 Å². The molecule has 0 bridgehead atoms. The number of benzene rings is 2. The highest BCUT2D eigenvalue weighted by molar-refractivity contribution is 9.10. The molecule has 0 spiro atoms. The molecule has 5 nitrogen and oxygen atoms in total. The van der Waals surface area contributed by atoms with Gasteiger partial charge in [0.05, 0.1) is 6.61 Å². The van der Waals surface area contributed by atoms with Gasteiger partial charge < -0.3 is 14.8 Å². The second-order valence-electron chi connectivity index (χ2n) is 7.11. The van der Waals surface area contributed by atoms with Crippen molar-refractivity contribution in [3.8, 4) is 16.9 Å². The van der Waals surface area contributed by atoms with Gasteiger partial charge in [-0.3, -0.25) is 4.79 Å². The van der Waals surface area contributed by atoms with E-state index in [1.54, 1.807) is 6.92 Å². The quantitative estimate of drug-likeness (QED) is 0.358. The molecule has 1 heterocycles. The molecule has 162 valence electrons. The van der Waals surface area contributed by atoms with Crippen LogP contribution in [0.3, 0.4) is 0 Å². The van der Waals surface area contributed by atoms with Gasteiger partial charge in [0.25, 0.3) is 5.91 Å². The molecule has 0 saturated carbocycles. The van der Waals surface area contributed by atoms with E-state index >= 15 is 0 Å². The third-order valence-corrected chi connectivity index (χ3v) is 6.00. The monoisotopic (exact) mass is 501 g/mol. The predicted octanol–water partition coefficient (Wildman–Crippen LogP) is 6.50. The second kappa shape index (κ2) is 10.6. The minimum Gasteiger partial charge on any atom is -0.483 e. The first-order valence-electron chi connectivity index (χ1n) is 9.96. The summed E-state index contributed by atoms with van der Waals surface area (Å²) in [6.45, 7) is 5.99. The molecule has 0 atom stereocenters. The number of thiophene rings is 1. The number of hydrogen-bond donors (Lipinski definition) is 1. The molecule has 1 aromatic heterocycles. The van der Waals surface area contributed by atoms with Crippen LogP contribution in [-0.4, -0.2) is 25.1 Å². The van der Waals surface area contributed by atoms with E-state index in [0.29, 0.717) is 16.3 Å². The molecule has 3 rings (SSSR count). The van der Waals surface area contributed by atoms with Gasteiger partial charge in [-0.05, 0) is 42.2 Å². The van der Waals surface area contributed by atoms with Crippen LogP contribution in [0.25, 0.3) is 11.1 Å². The maximum absolute atomic E-state index is 12.7. The topological polar surface area (TPSA) is 64.6 Å². The molecular weight excluding hydrogens is 478 g/mol. The number of hydrogen-bond acceptors (Lipinski definition) is 5. The zero-order valence-corrected chi connectivity index (χ0v) is 20.0. The normalized spacial score (nSPS) is 10.7. The van der Waals surface area contributed by atoms with E-state index in [-0.39, 0.29) is 25.0 Å². The van der Waals surface area contributed by atoms with E-state index in [4.69, 9.17) is 9.47 Å². The Kier molecular flexibility index (Phi) is 7.87. The molecular formula is C24H24BrNO4S. The van der Waals surface area contributed by atoms with Crippen molar-refractivity contribution in [3.05, 3.63) is 69.5 Å². The summed E-state index contributed by atoms with van der Waals surface area (Å²) in [4.78, 5) is 25.3. The number of amides is 1. The summed E-state index contributed by atoms with van der Waals surface area (Å²) in [7, 11) is 0. The molecule has 7 heteroatoms. The van der Waals surface area contributed by atoms with E-state index in [0.717, 1.165) is 21.2 Å². The van der Waals surface area contributed by atoms with E-state index < -0.39 is 5.97 Å². The Balaban J connectivity index is 1.80. The van der Waals surface area contributed by atoms with Crippen molar-refractivity contribution in [2.45, 2.75) is 26.7 Å². The van der Waals surface area contributed by atoms with Crippen LogP contribution in [-0.2, 0) is 9.53 Å². The maximum atomic E-state index is 12.7. The van der Waals surface area contributed by atoms with Gasteiger partial charge in [0.1, 0.15) is 16.3 Å². The molecule has 1 amide bonds. The molecule has 0 radical (unpaired) electrons. The van der Waals surface area contributed by atoms with E-state index in [2.05, 4.69) is 35.1 Å². The molecule has 0 saturated heterocycles. The molecule has 31 heavy (non-hydrogen) atoms. The van der Waals surface area contributed by atoms with Crippen LogP contribution < -0.4 is 10.1 Å². The maximum Gasteiger partial charge on any atom is 0.341 e. The Morgan fingerprint density at radius 1 is 1.10 bits per heavy atom. The Bertz CT molecular complexity index is 1060. The summed E-state index contributed by atoms with van der Waals surface area (Å²) in [5, 5.41) is 5.11. The molecule has 0 aliphatic carbocycles. The number of ether oxygens (including phenoxy) is 2. The largest absolute Gasteiger partial charge is 0.483 e. The number of rotatable bonds is 8. The fourth-order valence-electron chi connectivity index (χ4n) is 3.09. The lowest BCUT2D eigenvalue weighted by Crippen LogP contribution is -2.21. The van der Waals surface area contributed by atoms with Crippen molar-refractivity contribution in [1.29, 1.82) is 0 Å². The highest BCUT2D eigenvalue weighted by Crippen LogP contribution is 2.36. The zero-order valence-electron chi connectivity index (χ0n) is 17.6. The number of halogens is 1. The van der Waals surface area contributed by atoms with Crippen LogP contribution >= 0.6 is 27.3 Å². The predicted molar refractivity (Wildman–Crippen MR) is 128 cm³/mol. The third kappa shape index (κ3) is 5.74. The van der Waals surface area contributed by atoms with Crippen molar-refractivity contribution in [3.63, 3.8) is 0 Å². The summed E-state index contributed by atoms with van der Waals surface area (Å²) in [6.07, 6.45) is 0. The van der Waals surface area contributed by atoms with Crippen LogP contribution in [0.1, 0.15) is 42.6 Å². The molecule has 2 aromatic carbocycles.